The first kappa shape index (κ1) is 16.3. The van der Waals surface area contributed by atoms with Crippen molar-refractivity contribution in [2.45, 2.75) is 38.1 Å². The maximum absolute atomic E-state index is 12.2. The quantitative estimate of drug-likeness (QED) is 0.788. The second-order valence-electron chi connectivity index (χ2n) is 6.19. The summed E-state index contributed by atoms with van der Waals surface area (Å²) in [7, 11) is 0. The number of carboxylic acids is 1. The van der Waals surface area contributed by atoms with Crippen LogP contribution in [0.1, 0.15) is 42.5 Å². The molecular formula is C17H20N2O5. The van der Waals surface area contributed by atoms with Gasteiger partial charge in [-0.1, -0.05) is 6.07 Å². The second-order valence-corrected chi connectivity index (χ2v) is 6.19. The number of carbonyl (C=O) groups is 3. The number of rotatable bonds is 3. The topological polar surface area (TPSA) is 105 Å². The number of nitrogens with one attached hydrogen (secondary N) is 2. The molecule has 3 N–H and O–H groups in total. The summed E-state index contributed by atoms with van der Waals surface area (Å²) in [6.07, 6.45) is 2.77. The predicted octanol–water partition coefficient (Wildman–Crippen LogP) is 2.42. The minimum atomic E-state index is -0.768. The van der Waals surface area contributed by atoms with Crippen LogP contribution in [0.15, 0.2) is 18.2 Å². The zero-order valence-corrected chi connectivity index (χ0v) is 13.2. The molecule has 1 aliphatic carbocycles. The molecule has 0 radical (unpaired) electrons. The summed E-state index contributed by atoms with van der Waals surface area (Å²) in [6, 6.07) is 4.68. The van der Waals surface area contributed by atoms with Gasteiger partial charge in [0.1, 0.15) is 0 Å². The van der Waals surface area contributed by atoms with Crippen LogP contribution in [0.4, 0.5) is 10.5 Å². The fraction of sp³-hybridized carbons (Fsp3) is 0.471. The highest BCUT2D eigenvalue weighted by Crippen LogP contribution is 2.33. The Morgan fingerprint density at radius 1 is 1.17 bits per heavy atom. The number of ether oxygens (including phenoxy) is 1. The zero-order valence-electron chi connectivity index (χ0n) is 13.2. The molecule has 2 amide bonds. The summed E-state index contributed by atoms with van der Waals surface area (Å²) in [5.41, 5.74) is 0.957. The van der Waals surface area contributed by atoms with Crippen LogP contribution in [0.2, 0.25) is 0 Å². The Labute approximate surface area is 139 Å². The molecule has 24 heavy (non-hydrogen) atoms. The van der Waals surface area contributed by atoms with Gasteiger partial charge in [0, 0.05) is 12.5 Å². The average molecular weight is 332 g/mol. The van der Waals surface area contributed by atoms with Crippen molar-refractivity contribution in [2.75, 3.05) is 11.9 Å². The lowest BCUT2D eigenvalue weighted by Gasteiger charge is -2.27. The van der Waals surface area contributed by atoms with E-state index in [0.717, 1.165) is 0 Å². The highest BCUT2D eigenvalue weighted by Gasteiger charge is 2.27. The van der Waals surface area contributed by atoms with Crippen LogP contribution in [0.3, 0.4) is 0 Å². The molecule has 0 unspecified atom stereocenters. The van der Waals surface area contributed by atoms with Crippen molar-refractivity contribution < 1.29 is 24.2 Å². The molecule has 2 aliphatic rings. The van der Waals surface area contributed by atoms with Crippen LogP contribution in [0.25, 0.3) is 0 Å². The fourth-order valence-corrected chi connectivity index (χ4v) is 3.22. The van der Waals surface area contributed by atoms with Crippen molar-refractivity contribution in [2.24, 2.45) is 5.92 Å². The molecule has 0 atom stereocenters. The molecule has 0 bridgehead atoms. The van der Waals surface area contributed by atoms with Gasteiger partial charge in [0.05, 0.1) is 23.8 Å². The highest BCUT2D eigenvalue weighted by atomic mass is 16.5. The largest absolute Gasteiger partial charge is 0.490 e. The smallest absolute Gasteiger partial charge is 0.319 e. The van der Waals surface area contributed by atoms with E-state index in [9.17, 15) is 14.4 Å². The van der Waals surface area contributed by atoms with Gasteiger partial charge in [-0.25, -0.2) is 4.79 Å². The number of carboxylic acid groups (broad SMARTS) is 1. The van der Waals surface area contributed by atoms with Gasteiger partial charge >= 0.3 is 12.0 Å². The molecule has 1 heterocycles. The van der Waals surface area contributed by atoms with Crippen LogP contribution < -0.4 is 15.4 Å². The number of fused-ring (bicyclic) bond motifs is 1. The van der Waals surface area contributed by atoms with E-state index >= 15 is 0 Å². The molecule has 1 aromatic rings. The first-order valence-corrected chi connectivity index (χ1v) is 8.14. The predicted molar refractivity (Wildman–Crippen MR) is 86.4 cm³/mol. The molecule has 7 heteroatoms. The Balaban J connectivity index is 1.59. The molecule has 1 aliphatic heterocycles. The molecule has 7 nitrogen and oxygen atoms in total. The maximum atomic E-state index is 12.2. The van der Waals surface area contributed by atoms with Gasteiger partial charge in [-0.05, 0) is 37.8 Å². The Morgan fingerprint density at radius 3 is 2.62 bits per heavy atom. The van der Waals surface area contributed by atoms with Gasteiger partial charge < -0.3 is 20.5 Å². The number of hydrogen-bond donors (Lipinski definition) is 3. The van der Waals surface area contributed by atoms with E-state index in [4.69, 9.17) is 9.84 Å². The van der Waals surface area contributed by atoms with Crippen molar-refractivity contribution in [1.29, 1.82) is 0 Å². The molecule has 0 saturated heterocycles. The number of hydrogen-bond acceptors (Lipinski definition) is 4. The van der Waals surface area contributed by atoms with Crippen LogP contribution in [-0.4, -0.2) is 35.5 Å². The van der Waals surface area contributed by atoms with E-state index in [-0.39, 0.29) is 23.8 Å². The average Bonchev–Trinajstić information content (AvgIpc) is 2.56. The third kappa shape index (κ3) is 3.50. The Bertz CT molecular complexity index is 665. The third-order valence-electron chi connectivity index (χ3n) is 4.55. The third-order valence-corrected chi connectivity index (χ3v) is 4.55. The number of para-hydroxylation sites is 1. The van der Waals surface area contributed by atoms with E-state index < -0.39 is 5.97 Å². The molecule has 0 aromatic heterocycles. The van der Waals surface area contributed by atoms with Crippen LogP contribution in [0, 0.1) is 5.92 Å². The van der Waals surface area contributed by atoms with Crippen LogP contribution >= 0.6 is 0 Å². The van der Waals surface area contributed by atoms with Crippen molar-refractivity contribution in [1.82, 2.24) is 5.32 Å². The molecule has 1 fully saturated rings. The lowest BCUT2D eigenvalue weighted by Crippen LogP contribution is -2.41. The summed E-state index contributed by atoms with van der Waals surface area (Å²) in [5, 5.41) is 14.6. The first-order chi connectivity index (χ1) is 11.5. The number of amides is 2. The van der Waals surface area contributed by atoms with Gasteiger partial charge in [0.15, 0.2) is 11.5 Å². The van der Waals surface area contributed by atoms with Crippen LogP contribution in [-0.2, 0) is 4.79 Å². The molecule has 1 saturated carbocycles. The van der Waals surface area contributed by atoms with Crippen LogP contribution in [0.5, 0.6) is 5.75 Å². The SMILES string of the molecule is O=C(Nc1cccc2c1OCCC2=O)NC1CCC(C(=O)O)CC1. The Kier molecular flexibility index (Phi) is 4.69. The Morgan fingerprint density at radius 2 is 1.92 bits per heavy atom. The first-order valence-electron chi connectivity index (χ1n) is 8.14. The van der Waals surface area contributed by atoms with E-state index in [1.807, 2.05) is 0 Å². The number of benzene rings is 1. The summed E-state index contributed by atoms with van der Waals surface area (Å²) in [6.45, 7) is 0.311. The molecular weight excluding hydrogens is 312 g/mol. The Hall–Kier alpha value is -2.57. The fourth-order valence-electron chi connectivity index (χ4n) is 3.22. The van der Waals surface area contributed by atoms with Crippen molar-refractivity contribution in [3.05, 3.63) is 23.8 Å². The van der Waals surface area contributed by atoms with E-state index in [2.05, 4.69) is 10.6 Å². The van der Waals surface area contributed by atoms with E-state index in [1.54, 1.807) is 18.2 Å². The number of ketones is 1. The monoisotopic (exact) mass is 332 g/mol. The lowest BCUT2D eigenvalue weighted by atomic mass is 9.86. The summed E-state index contributed by atoms with van der Waals surface area (Å²) in [5.74, 6) is -0.659. The zero-order chi connectivity index (χ0) is 17.1. The molecule has 3 rings (SSSR count). The summed E-state index contributed by atoms with van der Waals surface area (Å²) >= 11 is 0. The number of anilines is 1. The second kappa shape index (κ2) is 6.90. The molecule has 1 aromatic carbocycles. The summed E-state index contributed by atoms with van der Waals surface area (Å²) in [4.78, 5) is 35.0. The van der Waals surface area contributed by atoms with E-state index in [1.165, 1.54) is 0 Å². The van der Waals surface area contributed by atoms with Gasteiger partial charge in [-0.2, -0.15) is 0 Å². The minimum Gasteiger partial charge on any atom is -0.490 e. The van der Waals surface area contributed by atoms with Crippen molar-refractivity contribution in [3.63, 3.8) is 0 Å². The minimum absolute atomic E-state index is 0.00676. The van der Waals surface area contributed by atoms with Gasteiger partial charge in [-0.3, -0.25) is 9.59 Å². The van der Waals surface area contributed by atoms with Gasteiger partial charge in [-0.15, -0.1) is 0 Å². The maximum Gasteiger partial charge on any atom is 0.319 e. The van der Waals surface area contributed by atoms with Gasteiger partial charge in [0.2, 0.25) is 0 Å². The standard InChI is InChI=1S/C17H20N2O5/c20-14-8-9-24-15-12(14)2-1-3-13(15)19-17(23)18-11-6-4-10(5-7-11)16(21)22/h1-3,10-11H,4-9H2,(H,21,22)(H2,18,19,23). The number of aliphatic carboxylic acids is 1. The molecule has 128 valence electrons. The van der Waals surface area contributed by atoms with Crippen molar-refractivity contribution in [3.8, 4) is 5.75 Å². The normalized spacial score (nSPS) is 22.9. The highest BCUT2D eigenvalue weighted by molar-refractivity contribution is 6.03. The number of Topliss-reactive ketones (excluding diaryl/α,β-unsaturated/α-hetero) is 1. The number of urea groups is 1. The lowest BCUT2D eigenvalue weighted by molar-refractivity contribution is -0.142. The van der Waals surface area contributed by atoms with Gasteiger partial charge in [0.25, 0.3) is 0 Å². The molecule has 0 spiro atoms. The summed E-state index contributed by atoms with van der Waals surface area (Å²) < 4.78 is 5.53. The number of carbonyl (C=O) groups excluding carboxylic acids is 2. The van der Waals surface area contributed by atoms with Crippen molar-refractivity contribution >= 4 is 23.5 Å². The van der Waals surface area contributed by atoms with E-state index in [0.29, 0.717) is 55.7 Å².